The van der Waals surface area contributed by atoms with E-state index in [9.17, 15) is 4.39 Å². The van der Waals surface area contributed by atoms with Crippen molar-refractivity contribution in [1.82, 2.24) is 4.90 Å². The number of piperidine rings is 1. The van der Waals surface area contributed by atoms with Gasteiger partial charge >= 0.3 is 0 Å². The largest absolute Gasteiger partial charge is 0.369 e. The third-order valence-electron chi connectivity index (χ3n) is 3.74. The fraction of sp³-hybridized carbons (Fsp3) is 0.600. The van der Waals surface area contributed by atoms with Crippen molar-refractivity contribution in [3.05, 3.63) is 29.6 Å². The molecule has 1 saturated heterocycles. The summed E-state index contributed by atoms with van der Waals surface area (Å²) < 4.78 is 14.1. The van der Waals surface area contributed by atoms with Gasteiger partial charge in [-0.15, -0.1) is 0 Å². The summed E-state index contributed by atoms with van der Waals surface area (Å²) >= 11 is 3.36. The van der Waals surface area contributed by atoms with Gasteiger partial charge in [0.25, 0.3) is 0 Å². The number of rotatable bonds is 4. The Morgan fingerprint density at radius 1 is 1.32 bits per heavy atom. The lowest BCUT2D eigenvalue weighted by atomic mass is 9.96. The predicted octanol–water partition coefficient (Wildman–Crippen LogP) is 3.50. The van der Waals surface area contributed by atoms with Crippen LogP contribution in [-0.2, 0) is 5.33 Å². The highest BCUT2D eigenvalue weighted by molar-refractivity contribution is 9.08. The summed E-state index contributed by atoms with van der Waals surface area (Å²) in [5.74, 6) is 0.652. The number of alkyl halides is 1. The lowest BCUT2D eigenvalue weighted by Gasteiger charge is -2.34. The molecule has 1 aliphatic heterocycles. The van der Waals surface area contributed by atoms with Crippen LogP contribution in [0.15, 0.2) is 18.2 Å². The van der Waals surface area contributed by atoms with Crippen LogP contribution < -0.4 is 4.90 Å². The minimum atomic E-state index is -0.0944. The van der Waals surface area contributed by atoms with E-state index >= 15 is 0 Å². The van der Waals surface area contributed by atoms with E-state index in [1.165, 1.54) is 0 Å². The Morgan fingerprint density at radius 3 is 2.53 bits per heavy atom. The van der Waals surface area contributed by atoms with Gasteiger partial charge in [0.1, 0.15) is 5.82 Å². The SMILES string of the molecule is CN(C)CC1CCN(c2ccc(CBr)cc2F)CC1. The standard InChI is InChI=1S/C15H22BrFN2/c1-18(2)11-12-5-7-19(8-6-12)15-4-3-13(10-16)9-14(15)17/h3-4,9,12H,5-8,10-11H2,1-2H3. The first-order chi connectivity index (χ1) is 9.10. The number of halogens is 2. The van der Waals surface area contributed by atoms with Crippen molar-refractivity contribution in [2.45, 2.75) is 18.2 Å². The summed E-state index contributed by atoms with van der Waals surface area (Å²) in [6.07, 6.45) is 2.30. The summed E-state index contributed by atoms with van der Waals surface area (Å²) in [4.78, 5) is 4.42. The minimum absolute atomic E-state index is 0.0944. The smallest absolute Gasteiger partial charge is 0.146 e. The average molecular weight is 329 g/mol. The monoisotopic (exact) mass is 328 g/mol. The molecule has 0 radical (unpaired) electrons. The first-order valence-electron chi connectivity index (χ1n) is 6.84. The molecule has 0 aliphatic carbocycles. The van der Waals surface area contributed by atoms with Gasteiger partial charge in [0.05, 0.1) is 5.69 Å². The zero-order valence-corrected chi connectivity index (χ0v) is 13.3. The van der Waals surface area contributed by atoms with Crippen molar-refractivity contribution >= 4 is 21.6 Å². The van der Waals surface area contributed by atoms with Gasteiger partial charge in [-0.05, 0) is 50.6 Å². The third-order valence-corrected chi connectivity index (χ3v) is 4.39. The molecule has 0 amide bonds. The Labute approximate surface area is 123 Å². The van der Waals surface area contributed by atoms with Gasteiger partial charge < -0.3 is 9.80 Å². The number of hydrogen-bond acceptors (Lipinski definition) is 2. The normalized spacial score (nSPS) is 17.2. The second kappa shape index (κ2) is 6.71. The molecule has 0 aromatic heterocycles. The minimum Gasteiger partial charge on any atom is -0.369 e. The number of anilines is 1. The van der Waals surface area contributed by atoms with E-state index in [0.29, 0.717) is 5.33 Å². The molecule has 0 atom stereocenters. The maximum atomic E-state index is 14.1. The number of nitrogens with zero attached hydrogens (tertiary/aromatic N) is 2. The first kappa shape index (κ1) is 14.8. The molecule has 0 spiro atoms. The molecule has 2 nitrogen and oxygen atoms in total. The van der Waals surface area contributed by atoms with E-state index in [2.05, 4.69) is 39.8 Å². The van der Waals surface area contributed by atoms with Crippen LogP contribution in [0.25, 0.3) is 0 Å². The topological polar surface area (TPSA) is 6.48 Å². The van der Waals surface area contributed by atoms with Crippen LogP contribution in [0.5, 0.6) is 0 Å². The summed E-state index contributed by atoms with van der Waals surface area (Å²) in [5.41, 5.74) is 1.75. The first-order valence-corrected chi connectivity index (χ1v) is 7.96. The van der Waals surface area contributed by atoms with Crippen molar-refractivity contribution in [1.29, 1.82) is 0 Å². The molecular weight excluding hydrogens is 307 g/mol. The van der Waals surface area contributed by atoms with Crippen molar-refractivity contribution in [2.24, 2.45) is 5.92 Å². The van der Waals surface area contributed by atoms with Gasteiger partial charge in [-0.2, -0.15) is 0 Å². The molecule has 1 fully saturated rings. The van der Waals surface area contributed by atoms with E-state index in [1.807, 2.05) is 12.1 Å². The molecule has 1 aliphatic rings. The predicted molar refractivity (Wildman–Crippen MR) is 82.5 cm³/mol. The second-order valence-electron chi connectivity index (χ2n) is 5.61. The highest BCUT2D eigenvalue weighted by Gasteiger charge is 2.21. The highest BCUT2D eigenvalue weighted by Crippen LogP contribution is 2.27. The summed E-state index contributed by atoms with van der Waals surface area (Å²) in [6.45, 7) is 3.06. The van der Waals surface area contributed by atoms with Crippen molar-refractivity contribution in [2.75, 3.05) is 38.6 Å². The van der Waals surface area contributed by atoms with Crippen LogP contribution >= 0.6 is 15.9 Å². The Hall–Kier alpha value is -0.610. The molecule has 2 rings (SSSR count). The molecular formula is C15H22BrFN2. The fourth-order valence-electron chi connectivity index (χ4n) is 2.76. The van der Waals surface area contributed by atoms with Crippen LogP contribution in [0.2, 0.25) is 0 Å². The van der Waals surface area contributed by atoms with Crippen LogP contribution in [0.4, 0.5) is 10.1 Å². The molecule has 4 heteroatoms. The quantitative estimate of drug-likeness (QED) is 0.780. The van der Waals surface area contributed by atoms with Crippen molar-refractivity contribution in [3.8, 4) is 0 Å². The lowest BCUT2D eigenvalue weighted by molar-refractivity contribution is 0.284. The van der Waals surface area contributed by atoms with E-state index in [4.69, 9.17) is 0 Å². The molecule has 0 N–H and O–H groups in total. The van der Waals surface area contributed by atoms with Gasteiger partial charge in [-0.1, -0.05) is 22.0 Å². The van der Waals surface area contributed by atoms with Crippen LogP contribution in [0, 0.1) is 11.7 Å². The Morgan fingerprint density at radius 2 is 2.00 bits per heavy atom. The molecule has 1 heterocycles. The second-order valence-corrected chi connectivity index (χ2v) is 6.17. The average Bonchev–Trinajstić information content (AvgIpc) is 2.39. The molecule has 0 saturated carbocycles. The molecule has 106 valence electrons. The van der Waals surface area contributed by atoms with Gasteiger partial charge in [0.2, 0.25) is 0 Å². The summed E-state index contributed by atoms with van der Waals surface area (Å²) in [6, 6.07) is 5.55. The summed E-state index contributed by atoms with van der Waals surface area (Å²) in [5, 5.41) is 0.703. The van der Waals surface area contributed by atoms with Crippen LogP contribution in [0.1, 0.15) is 18.4 Å². The molecule has 1 aromatic carbocycles. The fourth-order valence-corrected chi connectivity index (χ4v) is 3.11. The number of benzene rings is 1. The van der Waals surface area contributed by atoms with Gasteiger partial charge in [-0.3, -0.25) is 0 Å². The Bertz CT molecular complexity index is 415. The van der Waals surface area contributed by atoms with Gasteiger partial charge in [0.15, 0.2) is 0 Å². The van der Waals surface area contributed by atoms with Crippen LogP contribution in [0.3, 0.4) is 0 Å². The van der Waals surface area contributed by atoms with Crippen molar-refractivity contribution in [3.63, 3.8) is 0 Å². The van der Waals surface area contributed by atoms with Gasteiger partial charge in [0, 0.05) is 25.0 Å². The molecule has 1 aromatic rings. The Kier molecular flexibility index (Phi) is 5.22. The molecule has 0 bridgehead atoms. The number of hydrogen-bond donors (Lipinski definition) is 0. The third kappa shape index (κ3) is 3.93. The van der Waals surface area contributed by atoms with E-state index in [-0.39, 0.29) is 5.82 Å². The van der Waals surface area contributed by atoms with E-state index in [1.54, 1.807) is 6.07 Å². The van der Waals surface area contributed by atoms with E-state index < -0.39 is 0 Å². The molecule has 19 heavy (non-hydrogen) atoms. The van der Waals surface area contributed by atoms with E-state index in [0.717, 1.165) is 49.6 Å². The van der Waals surface area contributed by atoms with Crippen molar-refractivity contribution < 1.29 is 4.39 Å². The van der Waals surface area contributed by atoms with Crippen LogP contribution in [-0.4, -0.2) is 38.6 Å². The highest BCUT2D eigenvalue weighted by atomic mass is 79.9. The maximum Gasteiger partial charge on any atom is 0.146 e. The Balaban J connectivity index is 1.97. The zero-order valence-electron chi connectivity index (χ0n) is 11.7. The maximum absolute atomic E-state index is 14.1. The lowest BCUT2D eigenvalue weighted by Crippen LogP contribution is -2.37. The zero-order chi connectivity index (χ0) is 13.8. The summed E-state index contributed by atoms with van der Waals surface area (Å²) in [7, 11) is 4.23. The molecule has 0 unspecified atom stereocenters. The van der Waals surface area contributed by atoms with Gasteiger partial charge in [-0.25, -0.2) is 4.39 Å².